The van der Waals surface area contributed by atoms with Gasteiger partial charge in [-0.15, -0.1) is 0 Å². The molecule has 1 nitrogen and oxygen atoms in total. The van der Waals surface area contributed by atoms with Crippen LogP contribution in [0, 0.1) is 5.92 Å². The summed E-state index contributed by atoms with van der Waals surface area (Å²) < 4.78 is 0. The van der Waals surface area contributed by atoms with E-state index < -0.39 is 0 Å². The van der Waals surface area contributed by atoms with E-state index in [0.717, 1.165) is 5.92 Å². The third kappa shape index (κ3) is 3.32. The quantitative estimate of drug-likeness (QED) is 0.457. The number of rotatable bonds is 0. The molecule has 0 saturated carbocycles. The second kappa shape index (κ2) is 4.48. The van der Waals surface area contributed by atoms with Crippen LogP contribution in [0.3, 0.4) is 0 Å². The maximum Gasteiger partial charge on any atom is 0.0891 e. The molecular formula is C10H22ClN. The fourth-order valence-electron chi connectivity index (χ4n) is 1.97. The molecule has 0 aliphatic carbocycles. The molecule has 0 aromatic carbocycles. The van der Waals surface area contributed by atoms with Gasteiger partial charge in [0.15, 0.2) is 0 Å². The zero-order valence-corrected chi connectivity index (χ0v) is 9.54. The third-order valence-corrected chi connectivity index (χ3v) is 2.83. The molecule has 0 radical (unpaired) electrons. The van der Waals surface area contributed by atoms with Gasteiger partial charge in [-0.25, -0.2) is 0 Å². The summed E-state index contributed by atoms with van der Waals surface area (Å²) in [4.78, 5) is 1.79. The molecule has 1 aliphatic rings. The van der Waals surface area contributed by atoms with E-state index >= 15 is 0 Å². The molecule has 1 fully saturated rings. The first-order valence-electron chi connectivity index (χ1n) is 4.85. The fraction of sp³-hybridized carbons (Fsp3) is 1.00. The van der Waals surface area contributed by atoms with Crippen molar-refractivity contribution < 1.29 is 17.3 Å². The van der Waals surface area contributed by atoms with Crippen molar-refractivity contribution in [3.8, 4) is 0 Å². The van der Waals surface area contributed by atoms with Crippen LogP contribution < -0.4 is 17.3 Å². The van der Waals surface area contributed by atoms with Crippen molar-refractivity contribution in [3.05, 3.63) is 0 Å². The number of nitrogens with one attached hydrogen (secondary N) is 1. The van der Waals surface area contributed by atoms with Gasteiger partial charge in [0, 0.05) is 5.92 Å². The maximum atomic E-state index is 2.38. The Balaban J connectivity index is 0.00000121. The van der Waals surface area contributed by atoms with Gasteiger partial charge in [0.05, 0.1) is 18.6 Å². The second-order valence-electron chi connectivity index (χ2n) is 5.06. The molecule has 0 spiro atoms. The summed E-state index contributed by atoms with van der Waals surface area (Å²) in [5, 5.41) is 0. The number of halogens is 1. The molecule has 12 heavy (non-hydrogen) atoms. The van der Waals surface area contributed by atoms with Crippen molar-refractivity contribution in [1.29, 1.82) is 0 Å². The zero-order valence-electron chi connectivity index (χ0n) is 8.78. The summed E-state index contributed by atoms with van der Waals surface area (Å²) in [5.41, 5.74) is 0.467. The maximum absolute atomic E-state index is 2.38. The molecule has 2 atom stereocenters. The monoisotopic (exact) mass is 191 g/mol. The third-order valence-electron chi connectivity index (χ3n) is 2.83. The highest BCUT2D eigenvalue weighted by Crippen LogP contribution is 2.07. The van der Waals surface area contributed by atoms with Gasteiger partial charge in [0.25, 0.3) is 0 Å². The van der Waals surface area contributed by atoms with Crippen molar-refractivity contribution in [2.45, 2.75) is 46.1 Å². The summed E-state index contributed by atoms with van der Waals surface area (Å²) in [6, 6.07) is 0. The van der Waals surface area contributed by atoms with Gasteiger partial charge in [-0.3, -0.25) is 0 Å². The SMILES string of the molecule is CC1CCC[NH+](C(C)(C)C)C1.[Cl-]. The summed E-state index contributed by atoms with van der Waals surface area (Å²) in [6.45, 7) is 12.2. The number of likely N-dealkylation sites (tertiary alicyclic amines) is 1. The van der Waals surface area contributed by atoms with Crippen molar-refractivity contribution in [3.63, 3.8) is 0 Å². The van der Waals surface area contributed by atoms with E-state index in [1.54, 1.807) is 4.90 Å². The smallest absolute Gasteiger partial charge is 0.0891 e. The molecule has 2 heteroatoms. The highest BCUT2D eigenvalue weighted by molar-refractivity contribution is 4.63. The van der Waals surface area contributed by atoms with E-state index in [4.69, 9.17) is 0 Å². The number of piperidine rings is 1. The predicted molar refractivity (Wildman–Crippen MR) is 48.8 cm³/mol. The summed E-state index contributed by atoms with van der Waals surface area (Å²) in [6.07, 6.45) is 2.87. The number of quaternary nitrogens is 1. The molecule has 1 heterocycles. The van der Waals surface area contributed by atoms with Crippen LogP contribution in [0.5, 0.6) is 0 Å². The van der Waals surface area contributed by atoms with Gasteiger partial charge >= 0.3 is 0 Å². The highest BCUT2D eigenvalue weighted by atomic mass is 35.5. The Morgan fingerprint density at radius 1 is 1.25 bits per heavy atom. The fourth-order valence-corrected chi connectivity index (χ4v) is 1.97. The molecule has 1 saturated heterocycles. The Morgan fingerprint density at radius 3 is 2.17 bits per heavy atom. The average molecular weight is 192 g/mol. The van der Waals surface area contributed by atoms with Crippen LogP contribution in [0.2, 0.25) is 0 Å². The Morgan fingerprint density at radius 2 is 1.83 bits per heavy atom. The van der Waals surface area contributed by atoms with Crippen LogP contribution in [0.15, 0.2) is 0 Å². The minimum atomic E-state index is 0. The van der Waals surface area contributed by atoms with E-state index in [2.05, 4.69) is 27.7 Å². The Bertz CT molecular complexity index is 128. The molecule has 1 N–H and O–H groups in total. The van der Waals surface area contributed by atoms with Crippen LogP contribution in [0.4, 0.5) is 0 Å². The second-order valence-corrected chi connectivity index (χ2v) is 5.06. The first-order chi connectivity index (χ1) is 5.00. The molecule has 1 rings (SSSR count). The van der Waals surface area contributed by atoms with Gasteiger partial charge < -0.3 is 17.3 Å². The lowest BCUT2D eigenvalue weighted by atomic mass is 9.95. The van der Waals surface area contributed by atoms with Crippen molar-refractivity contribution in [2.75, 3.05) is 13.1 Å². The molecule has 0 aromatic rings. The van der Waals surface area contributed by atoms with Gasteiger partial charge in [0.1, 0.15) is 0 Å². The van der Waals surface area contributed by atoms with Gasteiger partial charge in [-0.2, -0.15) is 0 Å². The standard InChI is InChI=1S/C10H21N.ClH/c1-9-6-5-7-11(8-9)10(2,3)4;/h9H,5-8H2,1-4H3;1H. The highest BCUT2D eigenvalue weighted by Gasteiger charge is 2.29. The summed E-state index contributed by atoms with van der Waals surface area (Å²) in [5.74, 6) is 0.943. The van der Waals surface area contributed by atoms with E-state index in [0.29, 0.717) is 5.54 Å². The van der Waals surface area contributed by atoms with Crippen LogP contribution in [-0.2, 0) is 0 Å². The molecule has 2 unspecified atom stereocenters. The molecule has 1 aliphatic heterocycles. The number of hydrogen-bond donors (Lipinski definition) is 1. The Kier molecular flexibility index (Phi) is 4.57. The van der Waals surface area contributed by atoms with Crippen molar-refractivity contribution in [1.82, 2.24) is 0 Å². The molecular weight excluding hydrogens is 170 g/mol. The Hall–Kier alpha value is 0.250. The minimum absolute atomic E-state index is 0. The molecule has 0 aromatic heterocycles. The van der Waals surface area contributed by atoms with E-state index in [9.17, 15) is 0 Å². The lowest BCUT2D eigenvalue weighted by Crippen LogP contribution is -3.20. The predicted octanol–water partition coefficient (Wildman–Crippen LogP) is -1.90. The van der Waals surface area contributed by atoms with Crippen LogP contribution in [0.25, 0.3) is 0 Å². The topological polar surface area (TPSA) is 4.44 Å². The van der Waals surface area contributed by atoms with E-state index in [-0.39, 0.29) is 12.4 Å². The minimum Gasteiger partial charge on any atom is -1.00 e. The molecule has 74 valence electrons. The van der Waals surface area contributed by atoms with Gasteiger partial charge in [-0.05, 0) is 33.6 Å². The first-order valence-corrected chi connectivity index (χ1v) is 4.85. The van der Waals surface area contributed by atoms with Crippen molar-refractivity contribution in [2.24, 2.45) is 5.92 Å². The van der Waals surface area contributed by atoms with Gasteiger partial charge in [-0.1, -0.05) is 6.92 Å². The lowest BCUT2D eigenvalue weighted by molar-refractivity contribution is -0.954. The lowest BCUT2D eigenvalue weighted by Gasteiger charge is -2.37. The zero-order chi connectivity index (χ0) is 8.48. The molecule has 0 amide bonds. The Labute approximate surface area is 82.9 Å². The number of hydrogen-bond acceptors (Lipinski definition) is 0. The van der Waals surface area contributed by atoms with Crippen LogP contribution in [-0.4, -0.2) is 18.6 Å². The van der Waals surface area contributed by atoms with E-state index in [1.165, 1.54) is 25.9 Å². The summed E-state index contributed by atoms with van der Waals surface area (Å²) >= 11 is 0. The molecule has 0 bridgehead atoms. The largest absolute Gasteiger partial charge is 1.00 e. The first kappa shape index (κ1) is 12.2. The van der Waals surface area contributed by atoms with E-state index in [1.807, 2.05) is 0 Å². The van der Waals surface area contributed by atoms with Crippen LogP contribution in [0.1, 0.15) is 40.5 Å². The van der Waals surface area contributed by atoms with Gasteiger partial charge in [0.2, 0.25) is 0 Å². The average Bonchev–Trinajstić information content (AvgIpc) is 1.86. The van der Waals surface area contributed by atoms with Crippen LogP contribution >= 0.6 is 0 Å². The normalized spacial score (nSPS) is 31.0. The summed E-state index contributed by atoms with van der Waals surface area (Å²) in [7, 11) is 0. The van der Waals surface area contributed by atoms with Crippen molar-refractivity contribution >= 4 is 0 Å².